The van der Waals surface area contributed by atoms with Gasteiger partial charge in [0.2, 0.25) is 0 Å². The van der Waals surface area contributed by atoms with E-state index < -0.39 is 0 Å². The third-order valence-electron chi connectivity index (χ3n) is 2.34. The van der Waals surface area contributed by atoms with Gasteiger partial charge in [-0.3, -0.25) is 4.90 Å². The molecule has 0 aromatic carbocycles. The van der Waals surface area contributed by atoms with Crippen molar-refractivity contribution in [3.05, 3.63) is 10.4 Å². The predicted octanol–water partition coefficient (Wildman–Crippen LogP) is 1.67. The summed E-state index contributed by atoms with van der Waals surface area (Å²) in [6.07, 6.45) is 0.665. The van der Waals surface area contributed by atoms with Gasteiger partial charge in [0.25, 0.3) is 0 Å². The summed E-state index contributed by atoms with van der Waals surface area (Å²) < 4.78 is 0. The first-order valence-corrected chi connectivity index (χ1v) is 4.38. The van der Waals surface area contributed by atoms with E-state index in [-0.39, 0.29) is 12.1 Å². The Labute approximate surface area is 77.6 Å². The number of azide groups is 1. The van der Waals surface area contributed by atoms with Crippen molar-refractivity contribution in [1.82, 2.24) is 4.90 Å². The molecule has 5 nitrogen and oxygen atoms in total. The molecule has 0 saturated carbocycles. The van der Waals surface area contributed by atoms with Crippen molar-refractivity contribution < 1.29 is 0 Å². The van der Waals surface area contributed by atoms with E-state index in [1.165, 1.54) is 0 Å². The minimum absolute atomic E-state index is 0.0305. The lowest BCUT2D eigenvalue weighted by Gasteiger charge is -2.23. The zero-order chi connectivity index (χ0) is 9.84. The molecular formula is C8H13N5. The Morgan fingerprint density at radius 2 is 2.38 bits per heavy atom. The molecule has 1 rings (SSSR count). The van der Waals surface area contributed by atoms with Crippen molar-refractivity contribution in [2.75, 3.05) is 6.54 Å². The smallest absolute Gasteiger partial charge is 0.0984 e. The van der Waals surface area contributed by atoms with Gasteiger partial charge in [-0.25, -0.2) is 0 Å². The van der Waals surface area contributed by atoms with Crippen LogP contribution in [0.2, 0.25) is 0 Å². The number of hydrogen-bond acceptors (Lipinski definition) is 3. The van der Waals surface area contributed by atoms with E-state index in [1.54, 1.807) is 0 Å². The SMILES string of the molecule is CC(C)N1C[C@H](N=[N+]=[N-])C[C@H]1C#N. The third kappa shape index (κ3) is 2.11. The van der Waals surface area contributed by atoms with E-state index >= 15 is 0 Å². The fourth-order valence-electron chi connectivity index (χ4n) is 1.69. The number of hydrogen-bond donors (Lipinski definition) is 0. The van der Waals surface area contributed by atoms with Crippen LogP contribution in [0.15, 0.2) is 5.11 Å². The number of nitrogens with zero attached hydrogens (tertiary/aromatic N) is 5. The Morgan fingerprint density at radius 1 is 1.69 bits per heavy atom. The van der Waals surface area contributed by atoms with Gasteiger partial charge in [0, 0.05) is 17.5 Å². The van der Waals surface area contributed by atoms with E-state index in [4.69, 9.17) is 10.8 Å². The second-order valence-electron chi connectivity index (χ2n) is 3.53. The minimum atomic E-state index is -0.0875. The molecule has 0 N–H and O–H groups in total. The molecule has 5 heteroatoms. The molecule has 0 aromatic rings. The van der Waals surface area contributed by atoms with Crippen LogP contribution in [0.25, 0.3) is 10.4 Å². The fourth-order valence-corrected chi connectivity index (χ4v) is 1.69. The molecule has 1 saturated heterocycles. The van der Waals surface area contributed by atoms with Crippen LogP contribution in [0.1, 0.15) is 20.3 Å². The molecule has 0 aliphatic carbocycles. The zero-order valence-electron chi connectivity index (χ0n) is 7.88. The first-order chi connectivity index (χ1) is 6.19. The van der Waals surface area contributed by atoms with Crippen molar-refractivity contribution in [1.29, 1.82) is 5.26 Å². The van der Waals surface area contributed by atoms with Crippen molar-refractivity contribution in [2.45, 2.75) is 38.4 Å². The summed E-state index contributed by atoms with van der Waals surface area (Å²) in [5, 5.41) is 12.5. The molecule has 0 amide bonds. The van der Waals surface area contributed by atoms with E-state index in [0.29, 0.717) is 19.0 Å². The zero-order valence-corrected chi connectivity index (χ0v) is 7.88. The molecule has 1 heterocycles. The summed E-state index contributed by atoms with van der Waals surface area (Å²) in [5.74, 6) is 0. The molecule has 1 fully saturated rings. The van der Waals surface area contributed by atoms with Crippen LogP contribution in [0.4, 0.5) is 0 Å². The summed E-state index contributed by atoms with van der Waals surface area (Å²) in [5.41, 5.74) is 8.27. The topological polar surface area (TPSA) is 75.8 Å². The first kappa shape index (κ1) is 9.85. The van der Waals surface area contributed by atoms with Gasteiger partial charge < -0.3 is 0 Å². The molecule has 1 aliphatic heterocycles. The number of rotatable bonds is 2. The Hall–Kier alpha value is -1.24. The van der Waals surface area contributed by atoms with Crippen molar-refractivity contribution >= 4 is 0 Å². The lowest BCUT2D eigenvalue weighted by atomic mass is 10.2. The van der Waals surface area contributed by atoms with Crippen LogP contribution in [-0.2, 0) is 0 Å². The monoisotopic (exact) mass is 179 g/mol. The quantitative estimate of drug-likeness (QED) is 0.367. The summed E-state index contributed by atoms with van der Waals surface area (Å²) >= 11 is 0. The van der Waals surface area contributed by atoms with Crippen LogP contribution in [0.3, 0.4) is 0 Å². The predicted molar refractivity (Wildman–Crippen MR) is 48.8 cm³/mol. The maximum absolute atomic E-state index is 8.84. The lowest BCUT2D eigenvalue weighted by molar-refractivity contribution is 0.236. The van der Waals surface area contributed by atoms with Gasteiger partial charge in [-0.2, -0.15) is 5.26 Å². The lowest BCUT2D eigenvalue weighted by Crippen LogP contribution is -2.34. The van der Waals surface area contributed by atoms with E-state index in [2.05, 4.69) is 21.0 Å². The summed E-state index contributed by atoms with van der Waals surface area (Å²) in [6.45, 7) is 4.80. The molecule has 0 bridgehead atoms. The maximum Gasteiger partial charge on any atom is 0.0984 e. The van der Waals surface area contributed by atoms with Crippen molar-refractivity contribution in [2.24, 2.45) is 5.11 Å². The highest BCUT2D eigenvalue weighted by molar-refractivity contribution is 5.02. The fraction of sp³-hybridized carbons (Fsp3) is 0.875. The van der Waals surface area contributed by atoms with Crippen LogP contribution < -0.4 is 0 Å². The first-order valence-electron chi connectivity index (χ1n) is 4.38. The maximum atomic E-state index is 8.84. The van der Waals surface area contributed by atoms with E-state index in [9.17, 15) is 0 Å². The second kappa shape index (κ2) is 4.13. The van der Waals surface area contributed by atoms with Gasteiger partial charge in [-0.05, 0) is 25.8 Å². The van der Waals surface area contributed by atoms with Gasteiger partial charge in [-0.1, -0.05) is 5.11 Å². The molecule has 13 heavy (non-hydrogen) atoms. The molecular weight excluding hydrogens is 166 g/mol. The normalized spacial score (nSPS) is 28.5. The Balaban J connectivity index is 2.67. The summed E-state index contributed by atoms with van der Waals surface area (Å²) in [6, 6.07) is 2.44. The van der Waals surface area contributed by atoms with Crippen LogP contribution >= 0.6 is 0 Å². The summed E-state index contributed by atoms with van der Waals surface area (Å²) in [7, 11) is 0. The average Bonchev–Trinajstić information content (AvgIpc) is 2.48. The van der Waals surface area contributed by atoms with E-state index in [0.717, 1.165) is 0 Å². The summed E-state index contributed by atoms with van der Waals surface area (Å²) in [4.78, 5) is 4.84. The molecule has 0 spiro atoms. The Bertz CT molecular complexity index is 260. The Kier molecular flexibility index (Phi) is 3.13. The average molecular weight is 179 g/mol. The highest BCUT2D eigenvalue weighted by atomic mass is 15.3. The Morgan fingerprint density at radius 3 is 2.77 bits per heavy atom. The van der Waals surface area contributed by atoms with Crippen LogP contribution in [0, 0.1) is 11.3 Å². The highest BCUT2D eigenvalue weighted by Gasteiger charge is 2.32. The molecule has 0 unspecified atom stereocenters. The van der Waals surface area contributed by atoms with E-state index in [1.807, 2.05) is 13.8 Å². The van der Waals surface area contributed by atoms with Gasteiger partial charge in [0.05, 0.1) is 18.2 Å². The van der Waals surface area contributed by atoms with Crippen LogP contribution in [0.5, 0.6) is 0 Å². The standard InChI is InChI=1S/C8H13N5/c1-6(2)13-5-7(11-12-10)3-8(13)4-9/h6-8H,3,5H2,1-2H3/t7-,8+/m1/s1. The number of nitriles is 1. The molecule has 0 aromatic heterocycles. The molecule has 0 radical (unpaired) electrons. The number of likely N-dealkylation sites (tertiary alicyclic amines) is 1. The van der Waals surface area contributed by atoms with Gasteiger partial charge >= 0.3 is 0 Å². The van der Waals surface area contributed by atoms with Gasteiger partial charge in [0.15, 0.2) is 0 Å². The van der Waals surface area contributed by atoms with Crippen molar-refractivity contribution in [3.63, 3.8) is 0 Å². The molecule has 1 aliphatic rings. The molecule has 2 atom stereocenters. The second-order valence-corrected chi connectivity index (χ2v) is 3.53. The van der Waals surface area contributed by atoms with Gasteiger partial charge in [-0.15, -0.1) is 0 Å². The molecule has 70 valence electrons. The van der Waals surface area contributed by atoms with Crippen molar-refractivity contribution in [3.8, 4) is 6.07 Å². The minimum Gasteiger partial charge on any atom is -0.285 e. The highest BCUT2D eigenvalue weighted by Crippen LogP contribution is 2.22. The van der Waals surface area contributed by atoms with Gasteiger partial charge in [0.1, 0.15) is 0 Å². The van der Waals surface area contributed by atoms with Crippen LogP contribution in [-0.4, -0.2) is 29.6 Å². The third-order valence-corrected chi connectivity index (χ3v) is 2.34. The largest absolute Gasteiger partial charge is 0.285 e.